The molecular weight excluding hydrogens is 310 g/mol. The van der Waals surface area contributed by atoms with Gasteiger partial charge in [0.05, 0.1) is 0 Å². The van der Waals surface area contributed by atoms with Gasteiger partial charge < -0.3 is 0 Å². The third kappa shape index (κ3) is 4.42. The molecule has 0 unspecified atom stereocenters. The SMILES string of the molecule is O=C(CCCCl)Cc1ccc(I)cc1. The predicted octanol–water partition coefficient (Wildman–Crippen LogP) is 3.42. The molecule has 0 bridgehead atoms. The molecule has 0 aliphatic rings. The summed E-state index contributed by atoms with van der Waals surface area (Å²) < 4.78 is 1.19. The third-order valence-corrected chi connectivity index (χ3v) is 2.89. The van der Waals surface area contributed by atoms with Crippen molar-refractivity contribution in [1.29, 1.82) is 0 Å². The van der Waals surface area contributed by atoms with Gasteiger partial charge >= 0.3 is 0 Å². The highest BCUT2D eigenvalue weighted by molar-refractivity contribution is 14.1. The molecule has 0 aromatic heterocycles. The summed E-state index contributed by atoms with van der Waals surface area (Å²) in [6.07, 6.45) is 1.91. The summed E-state index contributed by atoms with van der Waals surface area (Å²) in [5.41, 5.74) is 1.09. The molecule has 76 valence electrons. The van der Waals surface area contributed by atoms with Gasteiger partial charge in [-0.15, -0.1) is 11.6 Å². The van der Waals surface area contributed by atoms with Crippen LogP contribution in [0.15, 0.2) is 24.3 Å². The predicted molar refractivity (Wildman–Crippen MR) is 67.8 cm³/mol. The van der Waals surface area contributed by atoms with Gasteiger partial charge in [-0.1, -0.05) is 12.1 Å². The highest BCUT2D eigenvalue weighted by Gasteiger charge is 2.02. The molecule has 1 aromatic carbocycles. The summed E-state index contributed by atoms with van der Waals surface area (Å²) in [6.45, 7) is 0. The second-order valence-electron chi connectivity index (χ2n) is 3.13. The van der Waals surface area contributed by atoms with E-state index in [2.05, 4.69) is 22.6 Å². The van der Waals surface area contributed by atoms with Crippen LogP contribution in [0.25, 0.3) is 0 Å². The molecule has 0 fully saturated rings. The number of carbonyl (C=O) groups excluding carboxylic acids is 1. The molecule has 0 radical (unpaired) electrons. The van der Waals surface area contributed by atoms with Gasteiger partial charge in [-0.05, 0) is 46.7 Å². The van der Waals surface area contributed by atoms with Gasteiger partial charge in [-0.25, -0.2) is 0 Å². The zero-order valence-electron chi connectivity index (χ0n) is 7.80. The number of hydrogen-bond acceptors (Lipinski definition) is 1. The lowest BCUT2D eigenvalue weighted by Crippen LogP contribution is -2.02. The van der Waals surface area contributed by atoms with Gasteiger partial charge in [0.2, 0.25) is 0 Å². The van der Waals surface area contributed by atoms with Gasteiger partial charge in [0.15, 0.2) is 0 Å². The molecule has 0 spiro atoms. The van der Waals surface area contributed by atoms with E-state index >= 15 is 0 Å². The van der Waals surface area contributed by atoms with E-state index in [4.69, 9.17) is 11.6 Å². The van der Waals surface area contributed by atoms with Gasteiger partial charge in [0.25, 0.3) is 0 Å². The third-order valence-electron chi connectivity index (χ3n) is 1.90. The molecule has 0 aliphatic carbocycles. The fourth-order valence-electron chi connectivity index (χ4n) is 1.18. The Morgan fingerprint density at radius 2 is 1.93 bits per heavy atom. The molecule has 0 aliphatic heterocycles. The van der Waals surface area contributed by atoms with Crippen molar-refractivity contribution < 1.29 is 4.79 Å². The smallest absolute Gasteiger partial charge is 0.137 e. The van der Waals surface area contributed by atoms with Crippen molar-refractivity contribution in [2.45, 2.75) is 19.3 Å². The molecule has 0 amide bonds. The Morgan fingerprint density at radius 1 is 1.29 bits per heavy atom. The molecule has 0 heterocycles. The summed E-state index contributed by atoms with van der Waals surface area (Å²) in [7, 11) is 0. The van der Waals surface area contributed by atoms with E-state index in [0.717, 1.165) is 12.0 Å². The zero-order chi connectivity index (χ0) is 10.4. The fraction of sp³-hybridized carbons (Fsp3) is 0.364. The molecule has 1 rings (SSSR count). The van der Waals surface area contributed by atoms with Crippen molar-refractivity contribution in [3.63, 3.8) is 0 Å². The number of Topliss-reactive ketones (excluding diaryl/α,β-unsaturated/α-hetero) is 1. The van der Waals surface area contributed by atoms with E-state index in [1.54, 1.807) is 0 Å². The number of halogens is 2. The maximum atomic E-state index is 11.4. The molecule has 1 aromatic rings. The quantitative estimate of drug-likeness (QED) is 0.600. The minimum absolute atomic E-state index is 0.270. The van der Waals surface area contributed by atoms with Crippen LogP contribution >= 0.6 is 34.2 Å². The molecular formula is C11H12ClIO. The molecule has 1 nitrogen and oxygen atoms in total. The monoisotopic (exact) mass is 322 g/mol. The summed E-state index contributed by atoms with van der Waals surface area (Å²) >= 11 is 7.77. The van der Waals surface area contributed by atoms with Crippen molar-refractivity contribution in [3.05, 3.63) is 33.4 Å². The first kappa shape index (κ1) is 12.0. The van der Waals surface area contributed by atoms with Crippen LogP contribution < -0.4 is 0 Å². The normalized spacial score (nSPS) is 10.1. The Kier molecular flexibility index (Phi) is 5.48. The Bertz CT molecular complexity index is 295. The number of hydrogen-bond donors (Lipinski definition) is 0. The summed E-state index contributed by atoms with van der Waals surface area (Å²) in [5, 5.41) is 0. The number of carbonyl (C=O) groups is 1. The minimum Gasteiger partial charge on any atom is -0.299 e. The molecule has 0 saturated carbocycles. The lowest BCUT2D eigenvalue weighted by molar-refractivity contribution is -0.118. The number of rotatable bonds is 5. The second kappa shape index (κ2) is 6.40. The Hall–Kier alpha value is -0.0900. The van der Waals surface area contributed by atoms with Crippen LogP contribution in [0.4, 0.5) is 0 Å². The average molecular weight is 323 g/mol. The highest BCUT2D eigenvalue weighted by Crippen LogP contribution is 2.08. The fourth-order valence-corrected chi connectivity index (χ4v) is 1.68. The van der Waals surface area contributed by atoms with Gasteiger partial charge in [0, 0.05) is 22.3 Å². The first-order chi connectivity index (χ1) is 6.72. The summed E-state index contributed by atoms with van der Waals surface area (Å²) in [5.74, 6) is 0.838. The first-order valence-corrected chi connectivity index (χ1v) is 6.16. The van der Waals surface area contributed by atoms with E-state index in [1.807, 2.05) is 24.3 Å². The Morgan fingerprint density at radius 3 is 2.50 bits per heavy atom. The molecule has 3 heteroatoms. The molecule has 0 saturated heterocycles. The second-order valence-corrected chi connectivity index (χ2v) is 4.76. The van der Waals surface area contributed by atoms with Crippen LogP contribution in [0.3, 0.4) is 0 Å². The Balaban J connectivity index is 2.44. The summed E-state index contributed by atoms with van der Waals surface area (Å²) in [4.78, 5) is 11.4. The number of benzene rings is 1. The zero-order valence-corrected chi connectivity index (χ0v) is 10.7. The lowest BCUT2D eigenvalue weighted by Gasteiger charge is -2.00. The molecule has 14 heavy (non-hydrogen) atoms. The standard InChI is InChI=1S/C11H12ClIO/c12-7-1-2-11(14)8-9-3-5-10(13)6-4-9/h3-6H,1-2,7-8H2. The first-order valence-electron chi connectivity index (χ1n) is 4.54. The average Bonchev–Trinajstić information content (AvgIpc) is 2.18. The van der Waals surface area contributed by atoms with Crippen LogP contribution in [0.1, 0.15) is 18.4 Å². The van der Waals surface area contributed by atoms with Crippen molar-refractivity contribution in [2.24, 2.45) is 0 Å². The number of ketones is 1. The van der Waals surface area contributed by atoms with Crippen LogP contribution in [0.5, 0.6) is 0 Å². The van der Waals surface area contributed by atoms with Crippen LogP contribution in [0, 0.1) is 3.57 Å². The van der Waals surface area contributed by atoms with E-state index < -0.39 is 0 Å². The van der Waals surface area contributed by atoms with Gasteiger partial charge in [-0.2, -0.15) is 0 Å². The number of alkyl halides is 1. The van der Waals surface area contributed by atoms with Crippen LogP contribution in [-0.4, -0.2) is 11.7 Å². The maximum Gasteiger partial charge on any atom is 0.137 e. The van der Waals surface area contributed by atoms with Crippen molar-refractivity contribution in [3.8, 4) is 0 Å². The largest absolute Gasteiger partial charge is 0.299 e. The van der Waals surface area contributed by atoms with Crippen LogP contribution in [-0.2, 0) is 11.2 Å². The topological polar surface area (TPSA) is 17.1 Å². The van der Waals surface area contributed by atoms with Gasteiger partial charge in [-0.3, -0.25) is 4.79 Å². The van der Waals surface area contributed by atoms with E-state index in [1.165, 1.54) is 3.57 Å². The van der Waals surface area contributed by atoms with Crippen molar-refractivity contribution in [2.75, 3.05) is 5.88 Å². The van der Waals surface area contributed by atoms with Gasteiger partial charge in [0.1, 0.15) is 5.78 Å². The molecule has 0 atom stereocenters. The minimum atomic E-state index is 0.270. The Labute approximate surface area is 103 Å². The van der Waals surface area contributed by atoms with Crippen LogP contribution in [0.2, 0.25) is 0 Å². The van der Waals surface area contributed by atoms with E-state index in [-0.39, 0.29) is 5.78 Å². The van der Waals surface area contributed by atoms with E-state index in [0.29, 0.717) is 18.7 Å². The van der Waals surface area contributed by atoms with E-state index in [9.17, 15) is 4.79 Å². The summed E-state index contributed by atoms with van der Waals surface area (Å²) in [6, 6.07) is 8.04. The lowest BCUT2D eigenvalue weighted by atomic mass is 10.1. The maximum absolute atomic E-state index is 11.4. The van der Waals surface area contributed by atoms with Crippen molar-refractivity contribution >= 4 is 40.0 Å². The molecule has 0 N–H and O–H groups in total. The van der Waals surface area contributed by atoms with Crippen molar-refractivity contribution in [1.82, 2.24) is 0 Å². The highest BCUT2D eigenvalue weighted by atomic mass is 127.